The molecule has 2 heterocycles. The first-order valence-electron chi connectivity index (χ1n) is 11.7. The van der Waals surface area contributed by atoms with Crippen LogP contribution in [0.4, 0.5) is 5.95 Å². The molecule has 40 heavy (non-hydrogen) atoms. The van der Waals surface area contributed by atoms with Crippen LogP contribution < -0.4 is 14.2 Å². The van der Waals surface area contributed by atoms with Gasteiger partial charge in [0.1, 0.15) is 28.2 Å². The van der Waals surface area contributed by atoms with Crippen molar-refractivity contribution in [3.63, 3.8) is 0 Å². The number of sulfone groups is 1. The highest BCUT2D eigenvalue weighted by Crippen LogP contribution is 2.38. The molecular weight excluding hydrogens is 584 g/mol. The van der Waals surface area contributed by atoms with E-state index >= 15 is 0 Å². The highest BCUT2D eigenvalue weighted by molar-refractivity contribution is 7.93. The highest BCUT2D eigenvalue weighted by atomic mass is 35.5. The van der Waals surface area contributed by atoms with Crippen LogP contribution in [0.2, 0.25) is 5.02 Å². The zero-order chi connectivity index (χ0) is 29.4. The Balaban J connectivity index is 1.83. The summed E-state index contributed by atoms with van der Waals surface area (Å²) in [6, 6.07) is 12.1. The minimum absolute atomic E-state index is 0.115. The Bertz CT molecular complexity index is 1740. The number of rotatable bonds is 10. The summed E-state index contributed by atoms with van der Waals surface area (Å²) in [5, 5.41) is 17.8. The standard InChI is InChI=1S/C25H27ClN4O8S2/c1-14-9-12-20(38-14)24-27-28-25(30(24)22-18(36-3)7-6-8-19(22)37-4)29-40(34,35)15(2)23(31)17-11-10-16(26)13-21(17)39(5,32)33/h6-13,15,23,31H,1-5H3,(H,28,29)/t15-,23-/m0/s1. The molecule has 0 saturated heterocycles. The van der Waals surface area contributed by atoms with Gasteiger partial charge in [0.05, 0.1) is 25.2 Å². The number of nitrogens with zero attached hydrogens (tertiary/aromatic N) is 3. The Hall–Kier alpha value is -3.59. The maximum absolute atomic E-state index is 13.6. The number of para-hydroxylation sites is 1. The molecule has 0 amide bonds. The second kappa shape index (κ2) is 11.1. The van der Waals surface area contributed by atoms with Crippen molar-refractivity contribution in [2.24, 2.45) is 0 Å². The number of halogens is 1. The van der Waals surface area contributed by atoms with Gasteiger partial charge >= 0.3 is 0 Å². The third-order valence-electron chi connectivity index (χ3n) is 6.11. The second-order valence-electron chi connectivity index (χ2n) is 8.86. The molecule has 0 aliphatic rings. The number of aliphatic hydroxyl groups excluding tert-OH is 1. The van der Waals surface area contributed by atoms with Gasteiger partial charge in [0, 0.05) is 16.8 Å². The van der Waals surface area contributed by atoms with Gasteiger partial charge in [-0.1, -0.05) is 23.7 Å². The van der Waals surface area contributed by atoms with Crippen molar-refractivity contribution < 1.29 is 35.8 Å². The predicted molar refractivity (Wildman–Crippen MR) is 148 cm³/mol. The van der Waals surface area contributed by atoms with Gasteiger partial charge in [0.15, 0.2) is 15.6 Å². The fraction of sp³-hybridized carbons (Fsp3) is 0.280. The van der Waals surface area contributed by atoms with E-state index in [9.17, 15) is 21.9 Å². The first kappa shape index (κ1) is 29.4. The van der Waals surface area contributed by atoms with E-state index in [4.69, 9.17) is 25.5 Å². The van der Waals surface area contributed by atoms with Crippen molar-refractivity contribution in [3.05, 3.63) is 64.9 Å². The molecule has 214 valence electrons. The van der Waals surface area contributed by atoms with E-state index in [1.165, 1.54) is 37.8 Å². The molecule has 0 aliphatic heterocycles. The summed E-state index contributed by atoms with van der Waals surface area (Å²) >= 11 is 5.96. The molecule has 4 aromatic rings. The van der Waals surface area contributed by atoms with Crippen LogP contribution in [0.1, 0.15) is 24.4 Å². The maximum Gasteiger partial charge on any atom is 0.243 e. The number of ether oxygens (including phenoxy) is 2. The molecule has 2 N–H and O–H groups in total. The summed E-state index contributed by atoms with van der Waals surface area (Å²) in [6.07, 6.45) is -0.809. The summed E-state index contributed by atoms with van der Waals surface area (Å²) in [5.74, 6) is 1.38. The summed E-state index contributed by atoms with van der Waals surface area (Å²) in [7, 11) is -5.40. The molecule has 0 unspecified atom stereocenters. The average molecular weight is 611 g/mol. The molecule has 2 atom stereocenters. The molecule has 0 fully saturated rings. The number of aliphatic hydroxyl groups is 1. The van der Waals surface area contributed by atoms with E-state index in [-0.39, 0.29) is 38.7 Å². The summed E-state index contributed by atoms with van der Waals surface area (Å²) in [4.78, 5) is -0.285. The Morgan fingerprint density at radius 3 is 2.23 bits per heavy atom. The van der Waals surface area contributed by atoms with Crippen LogP contribution in [0, 0.1) is 6.92 Å². The summed E-state index contributed by atoms with van der Waals surface area (Å²) in [6.45, 7) is 2.97. The molecule has 2 aromatic carbocycles. The lowest BCUT2D eigenvalue weighted by Crippen LogP contribution is -2.32. The van der Waals surface area contributed by atoms with Crippen LogP contribution in [0.25, 0.3) is 17.3 Å². The van der Waals surface area contributed by atoms with Crippen LogP contribution in [-0.4, -0.2) is 62.4 Å². The lowest BCUT2D eigenvalue weighted by molar-refractivity contribution is 0.173. The Morgan fingerprint density at radius 2 is 1.68 bits per heavy atom. The van der Waals surface area contributed by atoms with Gasteiger partial charge < -0.3 is 19.0 Å². The lowest BCUT2D eigenvalue weighted by Gasteiger charge is -2.23. The molecule has 0 aliphatic carbocycles. The first-order chi connectivity index (χ1) is 18.8. The molecular formula is C25H27ClN4O8S2. The van der Waals surface area contributed by atoms with Gasteiger partial charge in [-0.15, -0.1) is 10.2 Å². The van der Waals surface area contributed by atoms with Crippen LogP contribution >= 0.6 is 11.6 Å². The number of benzene rings is 2. The number of furan rings is 1. The number of methoxy groups -OCH3 is 2. The third kappa shape index (κ3) is 5.66. The van der Waals surface area contributed by atoms with Gasteiger partial charge in [-0.2, -0.15) is 0 Å². The van der Waals surface area contributed by atoms with E-state index in [2.05, 4.69) is 14.9 Å². The SMILES string of the molecule is COc1cccc(OC)c1-n1c(NS(=O)(=O)[C@@H](C)[C@H](O)c2ccc(Cl)cc2S(C)(=O)=O)nnc1-c1ccc(C)o1. The Labute approximate surface area is 236 Å². The largest absolute Gasteiger partial charge is 0.494 e. The number of anilines is 1. The zero-order valence-corrected chi connectivity index (χ0v) is 24.5. The minimum atomic E-state index is -4.43. The van der Waals surface area contributed by atoms with Crippen LogP contribution in [0.3, 0.4) is 0 Å². The number of aromatic nitrogens is 3. The van der Waals surface area contributed by atoms with Crippen molar-refractivity contribution in [1.29, 1.82) is 0 Å². The van der Waals surface area contributed by atoms with Crippen LogP contribution in [-0.2, 0) is 19.9 Å². The van der Waals surface area contributed by atoms with E-state index in [1.807, 2.05) is 0 Å². The van der Waals surface area contributed by atoms with E-state index in [1.54, 1.807) is 37.3 Å². The summed E-state index contributed by atoms with van der Waals surface area (Å²) in [5.41, 5.74) is 0.161. The van der Waals surface area contributed by atoms with Gasteiger partial charge in [0.25, 0.3) is 0 Å². The number of hydrogen-bond acceptors (Lipinski definition) is 10. The molecule has 0 bridgehead atoms. The van der Waals surface area contributed by atoms with Crippen molar-refractivity contribution in [2.75, 3.05) is 25.2 Å². The maximum atomic E-state index is 13.6. The molecule has 2 aromatic heterocycles. The molecule has 12 nitrogen and oxygen atoms in total. The Kier molecular flexibility index (Phi) is 8.17. The van der Waals surface area contributed by atoms with Crippen LogP contribution in [0.5, 0.6) is 11.5 Å². The molecule has 0 saturated carbocycles. The van der Waals surface area contributed by atoms with E-state index in [0.29, 0.717) is 17.3 Å². The summed E-state index contributed by atoms with van der Waals surface area (Å²) < 4.78 is 72.3. The zero-order valence-electron chi connectivity index (χ0n) is 22.1. The topological polar surface area (TPSA) is 163 Å². The Morgan fingerprint density at radius 1 is 1.02 bits per heavy atom. The fourth-order valence-corrected chi connectivity index (χ4v) is 6.30. The van der Waals surface area contributed by atoms with Crippen molar-refractivity contribution >= 4 is 37.4 Å². The molecule has 4 rings (SSSR count). The smallest absolute Gasteiger partial charge is 0.243 e. The van der Waals surface area contributed by atoms with Crippen molar-refractivity contribution in [3.8, 4) is 28.8 Å². The van der Waals surface area contributed by atoms with Gasteiger partial charge in [-0.05, 0) is 50.2 Å². The number of hydrogen-bond donors (Lipinski definition) is 2. The van der Waals surface area contributed by atoms with Crippen LogP contribution in [0.15, 0.2) is 57.8 Å². The van der Waals surface area contributed by atoms with Crippen molar-refractivity contribution in [1.82, 2.24) is 14.8 Å². The molecule has 0 radical (unpaired) electrons. The highest BCUT2D eigenvalue weighted by Gasteiger charge is 2.35. The first-order valence-corrected chi connectivity index (χ1v) is 15.5. The van der Waals surface area contributed by atoms with Crippen molar-refractivity contribution in [2.45, 2.75) is 30.1 Å². The molecule has 0 spiro atoms. The molecule has 15 heteroatoms. The number of aryl methyl sites for hydroxylation is 1. The number of nitrogens with one attached hydrogen (secondary N) is 1. The monoisotopic (exact) mass is 610 g/mol. The number of sulfonamides is 1. The van der Waals surface area contributed by atoms with E-state index < -0.39 is 31.2 Å². The predicted octanol–water partition coefficient (Wildman–Crippen LogP) is 3.77. The third-order valence-corrected chi connectivity index (χ3v) is 9.20. The lowest BCUT2D eigenvalue weighted by atomic mass is 10.1. The second-order valence-corrected chi connectivity index (χ2v) is 13.3. The van der Waals surface area contributed by atoms with Gasteiger partial charge in [-0.3, -0.25) is 9.29 Å². The quantitative estimate of drug-likeness (QED) is 0.270. The van der Waals surface area contributed by atoms with Gasteiger partial charge in [0.2, 0.25) is 21.8 Å². The average Bonchev–Trinajstić information content (AvgIpc) is 3.51. The van der Waals surface area contributed by atoms with Gasteiger partial charge in [-0.25, -0.2) is 16.8 Å². The normalized spacial score (nSPS) is 13.6. The van der Waals surface area contributed by atoms with E-state index in [0.717, 1.165) is 12.3 Å². The minimum Gasteiger partial charge on any atom is -0.494 e. The fourth-order valence-electron chi connectivity index (χ4n) is 4.04.